The van der Waals surface area contributed by atoms with E-state index in [4.69, 9.17) is 12.0 Å². The summed E-state index contributed by atoms with van der Waals surface area (Å²) in [6, 6.07) is 0. The third-order valence-corrected chi connectivity index (χ3v) is 0. The number of hydrogen-bond donors (Lipinski definition) is 0. The van der Waals surface area contributed by atoms with Crippen molar-refractivity contribution < 1.29 is 12.0 Å². The predicted molar refractivity (Wildman–Crippen MR) is 12.2 cm³/mol. The van der Waals surface area contributed by atoms with E-state index >= 15 is 0 Å². The SMILES string of the molecule is [Mg+2].[O]=[Ge]([O-])[O-]. The van der Waals surface area contributed by atoms with Crippen molar-refractivity contribution in [1.29, 1.82) is 0 Å². The van der Waals surface area contributed by atoms with Gasteiger partial charge in [0.2, 0.25) is 0 Å². The Morgan fingerprint density at radius 3 is 1.40 bits per heavy atom. The molecule has 0 atom stereocenters. The third-order valence-electron chi connectivity index (χ3n) is 0. The molecule has 0 aliphatic rings. The second kappa shape index (κ2) is 4.71. The summed E-state index contributed by atoms with van der Waals surface area (Å²) in [4.78, 5) is 0. The van der Waals surface area contributed by atoms with E-state index in [1.54, 1.807) is 0 Å². The van der Waals surface area contributed by atoms with E-state index in [-0.39, 0.29) is 23.1 Å². The maximum absolute atomic E-state index is 8.58. The molecule has 24 valence electrons. The Morgan fingerprint density at radius 1 is 1.40 bits per heavy atom. The molecule has 0 spiro atoms. The van der Waals surface area contributed by atoms with Crippen LogP contribution in [0.15, 0.2) is 0 Å². The van der Waals surface area contributed by atoms with E-state index < -0.39 is 15.0 Å². The number of rotatable bonds is 0. The summed E-state index contributed by atoms with van der Waals surface area (Å²) in [5, 5.41) is 0. The van der Waals surface area contributed by atoms with Gasteiger partial charge in [-0.3, -0.25) is 0 Å². The molecule has 5 heavy (non-hydrogen) atoms. The molecular formula is GeMgO3. The first-order valence-corrected chi connectivity index (χ1v) is 3.18. The van der Waals surface area contributed by atoms with E-state index in [1.807, 2.05) is 0 Å². The molecule has 0 saturated carbocycles. The van der Waals surface area contributed by atoms with E-state index in [1.165, 1.54) is 0 Å². The Labute approximate surface area is 50.2 Å². The van der Waals surface area contributed by atoms with Crippen molar-refractivity contribution in [2.75, 3.05) is 0 Å². The molecule has 5 heteroatoms. The van der Waals surface area contributed by atoms with Crippen LogP contribution in [0.1, 0.15) is 0 Å². The monoisotopic (exact) mass is 146 g/mol. The van der Waals surface area contributed by atoms with Gasteiger partial charge in [0.15, 0.2) is 0 Å². The van der Waals surface area contributed by atoms with Gasteiger partial charge in [0.05, 0.1) is 0 Å². The van der Waals surface area contributed by atoms with Crippen molar-refractivity contribution in [2.45, 2.75) is 0 Å². The molecule has 0 radical (unpaired) electrons. The zero-order chi connectivity index (χ0) is 3.58. The van der Waals surface area contributed by atoms with Gasteiger partial charge in [-0.1, -0.05) is 0 Å². The summed E-state index contributed by atoms with van der Waals surface area (Å²) in [6.45, 7) is 0. The molecule has 0 rings (SSSR count). The van der Waals surface area contributed by atoms with Crippen LogP contribution in [-0.2, 0) is 3.78 Å². The summed E-state index contributed by atoms with van der Waals surface area (Å²) in [7, 11) is 0. The van der Waals surface area contributed by atoms with Gasteiger partial charge in [0.25, 0.3) is 0 Å². The first-order valence-electron chi connectivity index (χ1n) is 0.612. The Hall–Kier alpha value is 0.709. The Bertz CT molecular complexity index is 29.9. The summed E-state index contributed by atoms with van der Waals surface area (Å²) >= 11 is -4.08. The van der Waals surface area contributed by atoms with Gasteiger partial charge in [-0.15, -0.1) is 0 Å². The average molecular weight is 145 g/mol. The van der Waals surface area contributed by atoms with Crippen LogP contribution >= 0.6 is 0 Å². The number of hydrogen-bond acceptors (Lipinski definition) is 3. The van der Waals surface area contributed by atoms with E-state index in [0.29, 0.717) is 0 Å². The molecule has 0 aliphatic carbocycles. The maximum atomic E-state index is 8.58. The van der Waals surface area contributed by atoms with Crippen LogP contribution in [-0.4, -0.2) is 38.0 Å². The topological polar surface area (TPSA) is 63.2 Å². The van der Waals surface area contributed by atoms with Crippen molar-refractivity contribution in [3.8, 4) is 0 Å². The molecule has 0 unspecified atom stereocenters. The molecule has 3 nitrogen and oxygen atoms in total. The van der Waals surface area contributed by atoms with E-state index in [9.17, 15) is 0 Å². The standard InChI is InChI=1S/GeO3.Mg/c2-1(3)4;/q-2;+2. The van der Waals surface area contributed by atoms with Crippen LogP contribution in [0, 0.1) is 0 Å². The minimum absolute atomic E-state index is 0. The fraction of sp³-hybridized carbons (Fsp3) is 0. The normalized spacial score (nSPS) is 4.80. The molecule has 0 N–H and O–H groups in total. The summed E-state index contributed by atoms with van der Waals surface area (Å²) < 4.78 is 25.8. The average Bonchev–Trinajstić information content (AvgIpc) is 0.811. The van der Waals surface area contributed by atoms with Gasteiger partial charge in [-0.05, 0) is 0 Å². The van der Waals surface area contributed by atoms with Gasteiger partial charge >= 0.3 is 50.1 Å². The molecule has 0 fully saturated rings. The molecular weight excluding hydrogens is 145 g/mol. The molecule has 0 amide bonds. The molecule has 0 saturated heterocycles. The van der Waals surface area contributed by atoms with Crippen molar-refractivity contribution in [3.63, 3.8) is 0 Å². The van der Waals surface area contributed by atoms with Crippen molar-refractivity contribution >= 4 is 38.0 Å². The van der Waals surface area contributed by atoms with Gasteiger partial charge in [-0.25, -0.2) is 0 Å². The molecule has 0 bridgehead atoms. The van der Waals surface area contributed by atoms with Crippen LogP contribution in [0.5, 0.6) is 0 Å². The van der Waals surface area contributed by atoms with Crippen molar-refractivity contribution in [3.05, 3.63) is 0 Å². The second-order valence-electron chi connectivity index (χ2n) is 0.250. The Morgan fingerprint density at radius 2 is 1.40 bits per heavy atom. The van der Waals surface area contributed by atoms with Crippen LogP contribution in [0.3, 0.4) is 0 Å². The van der Waals surface area contributed by atoms with Crippen molar-refractivity contribution in [1.82, 2.24) is 0 Å². The molecule has 0 aromatic carbocycles. The van der Waals surface area contributed by atoms with Gasteiger partial charge in [0.1, 0.15) is 0 Å². The molecule has 0 heterocycles. The van der Waals surface area contributed by atoms with Crippen LogP contribution < -0.4 is 8.27 Å². The Balaban J connectivity index is 0. The summed E-state index contributed by atoms with van der Waals surface area (Å²) in [5.41, 5.74) is 0. The van der Waals surface area contributed by atoms with Crippen molar-refractivity contribution in [2.24, 2.45) is 0 Å². The van der Waals surface area contributed by atoms with E-state index in [2.05, 4.69) is 0 Å². The van der Waals surface area contributed by atoms with Gasteiger partial charge < -0.3 is 0 Å². The van der Waals surface area contributed by atoms with E-state index in [0.717, 1.165) is 0 Å². The van der Waals surface area contributed by atoms with Crippen LogP contribution in [0.2, 0.25) is 0 Å². The fourth-order valence-corrected chi connectivity index (χ4v) is 0. The molecule has 0 aromatic rings. The van der Waals surface area contributed by atoms with Crippen LogP contribution in [0.4, 0.5) is 0 Å². The summed E-state index contributed by atoms with van der Waals surface area (Å²) in [5.74, 6) is 0. The molecule has 0 aliphatic heterocycles. The Kier molecular flexibility index (Phi) is 8.67. The first-order chi connectivity index (χ1) is 1.73. The predicted octanol–water partition coefficient (Wildman–Crippen LogP) is -3.26. The van der Waals surface area contributed by atoms with Gasteiger partial charge in [-0.2, -0.15) is 0 Å². The molecule has 0 aromatic heterocycles. The van der Waals surface area contributed by atoms with Crippen LogP contribution in [0.25, 0.3) is 0 Å². The zero-order valence-corrected chi connectivity index (χ0v) is 5.94. The first kappa shape index (κ1) is 9.20. The zero-order valence-electron chi connectivity index (χ0n) is 2.43. The second-order valence-corrected chi connectivity index (χ2v) is 1.30. The fourth-order valence-electron chi connectivity index (χ4n) is 0. The third kappa shape index (κ3) is 68.7. The quantitative estimate of drug-likeness (QED) is 0.336. The van der Waals surface area contributed by atoms with Gasteiger partial charge in [0, 0.05) is 0 Å². The minimum atomic E-state index is -4.08. The summed E-state index contributed by atoms with van der Waals surface area (Å²) in [6.07, 6.45) is 0.